The van der Waals surface area contributed by atoms with Gasteiger partial charge in [-0.05, 0) is 12.1 Å². The third-order valence-electron chi connectivity index (χ3n) is 2.02. The average molecular weight is 228 g/mol. The molecule has 0 aliphatic rings. The molecule has 1 N–H and O–H groups in total. The van der Waals surface area contributed by atoms with Gasteiger partial charge in [0.2, 0.25) is 0 Å². The summed E-state index contributed by atoms with van der Waals surface area (Å²) in [5, 5.41) is 0. The number of imidazole rings is 1. The van der Waals surface area contributed by atoms with E-state index < -0.39 is 16.0 Å². The molecule has 0 aliphatic heterocycles. The van der Waals surface area contributed by atoms with E-state index in [-0.39, 0.29) is 6.42 Å². The van der Waals surface area contributed by atoms with Crippen molar-refractivity contribution in [2.24, 2.45) is 0 Å². The van der Waals surface area contributed by atoms with Gasteiger partial charge in [0, 0.05) is 6.42 Å². The van der Waals surface area contributed by atoms with Gasteiger partial charge in [0.25, 0.3) is 0 Å². The topological polar surface area (TPSA) is 62.8 Å². The van der Waals surface area contributed by atoms with Gasteiger partial charge in [-0.1, -0.05) is 12.1 Å². The Kier molecular flexibility index (Phi) is 2.44. The van der Waals surface area contributed by atoms with Gasteiger partial charge in [0.1, 0.15) is 5.82 Å². The zero-order valence-electron chi connectivity index (χ0n) is 7.77. The number of halogens is 1. The van der Waals surface area contributed by atoms with Gasteiger partial charge in [0.15, 0.2) is 0 Å². The van der Waals surface area contributed by atoms with Crippen LogP contribution in [0.5, 0.6) is 0 Å². The minimum absolute atomic E-state index is 0.0630. The first-order valence-electron chi connectivity index (χ1n) is 4.40. The van der Waals surface area contributed by atoms with Crippen molar-refractivity contribution in [1.29, 1.82) is 0 Å². The monoisotopic (exact) mass is 228 g/mol. The van der Waals surface area contributed by atoms with Crippen LogP contribution in [0.2, 0.25) is 0 Å². The maximum Gasteiger partial charge on any atom is 0.302 e. The van der Waals surface area contributed by atoms with Crippen LogP contribution in [0.1, 0.15) is 5.82 Å². The molecule has 0 bridgehead atoms. The molecule has 0 saturated heterocycles. The largest absolute Gasteiger partial charge is 0.342 e. The first-order chi connectivity index (χ1) is 7.04. The number of aromatic nitrogens is 2. The molecule has 0 fully saturated rings. The van der Waals surface area contributed by atoms with Crippen LogP contribution < -0.4 is 0 Å². The Morgan fingerprint density at radius 2 is 2.07 bits per heavy atom. The van der Waals surface area contributed by atoms with Gasteiger partial charge in [-0.2, -0.15) is 8.42 Å². The van der Waals surface area contributed by atoms with Crippen molar-refractivity contribution >= 4 is 21.3 Å². The highest BCUT2D eigenvalue weighted by molar-refractivity contribution is 7.86. The molecule has 0 atom stereocenters. The molecular formula is C9H9FN2O2S. The molecule has 1 aromatic carbocycles. The number of aryl methyl sites for hydroxylation is 1. The highest BCUT2D eigenvalue weighted by atomic mass is 32.3. The van der Waals surface area contributed by atoms with Crippen molar-refractivity contribution in [1.82, 2.24) is 9.97 Å². The molecule has 0 amide bonds. The second-order valence-corrected chi connectivity index (χ2v) is 4.68. The molecule has 15 heavy (non-hydrogen) atoms. The van der Waals surface area contributed by atoms with E-state index in [4.69, 9.17) is 0 Å². The average Bonchev–Trinajstić information content (AvgIpc) is 2.56. The fourth-order valence-corrected chi connectivity index (χ4v) is 1.78. The quantitative estimate of drug-likeness (QED) is 0.808. The molecule has 0 radical (unpaired) electrons. The smallest absolute Gasteiger partial charge is 0.302 e. The standard InChI is InChI=1S/C9H9FN2O2S/c10-15(13,14)6-5-9-11-7-3-1-2-4-8(7)12-9/h1-4H,5-6H2,(H,11,12). The number of aromatic amines is 1. The van der Waals surface area contributed by atoms with E-state index in [2.05, 4.69) is 9.97 Å². The number of rotatable bonds is 3. The molecular weight excluding hydrogens is 219 g/mol. The van der Waals surface area contributed by atoms with Crippen LogP contribution in [0.4, 0.5) is 3.89 Å². The summed E-state index contributed by atoms with van der Waals surface area (Å²) < 4.78 is 32.9. The Labute approximate surface area is 86.4 Å². The summed E-state index contributed by atoms with van der Waals surface area (Å²) >= 11 is 0. The SMILES string of the molecule is O=S(=O)(F)CCc1nc2ccccc2[nH]1. The van der Waals surface area contributed by atoms with Gasteiger partial charge >= 0.3 is 10.2 Å². The van der Waals surface area contributed by atoms with Gasteiger partial charge in [-0.3, -0.25) is 0 Å². The molecule has 2 rings (SSSR count). The Morgan fingerprint density at radius 1 is 1.33 bits per heavy atom. The number of benzene rings is 1. The van der Waals surface area contributed by atoms with E-state index in [1.165, 1.54) is 0 Å². The van der Waals surface area contributed by atoms with Crippen LogP contribution in [-0.2, 0) is 16.6 Å². The van der Waals surface area contributed by atoms with Crippen LogP contribution in [0.3, 0.4) is 0 Å². The molecule has 80 valence electrons. The first-order valence-corrected chi connectivity index (χ1v) is 5.96. The van der Waals surface area contributed by atoms with Crippen molar-refractivity contribution in [2.75, 3.05) is 5.75 Å². The Hall–Kier alpha value is -1.43. The molecule has 4 nitrogen and oxygen atoms in total. The second kappa shape index (κ2) is 3.62. The first kappa shape index (κ1) is 10.1. The third-order valence-corrected chi connectivity index (χ3v) is 2.71. The fraction of sp³-hybridized carbons (Fsp3) is 0.222. The van der Waals surface area contributed by atoms with Gasteiger partial charge in [-0.25, -0.2) is 4.98 Å². The normalized spacial score (nSPS) is 12.1. The van der Waals surface area contributed by atoms with E-state index in [0.717, 1.165) is 11.0 Å². The summed E-state index contributed by atoms with van der Waals surface area (Å²) in [4.78, 5) is 7.06. The molecule has 6 heteroatoms. The van der Waals surface area contributed by atoms with E-state index in [1.807, 2.05) is 18.2 Å². The van der Waals surface area contributed by atoms with Gasteiger partial charge in [0.05, 0.1) is 16.8 Å². The van der Waals surface area contributed by atoms with Crippen LogP contribution in [0, 0.1) is 0 Å². The van der Waals surface area contributed by atoms with Crippen molar-refractivity contribution in [3.05, 3.63) is 30.1 Å². The van der Waals surface area contributed by atoms with Crippen molar-refractivity contribution in [3.8, 4) is 0 Å². The predicted molar refractivity (Wildman–Crippen MR) is 54.7 cm³/mol. The van der Waals surface area contributed by atoms with Crippen LogP contribution in [0.25, 0.3) is 11.0 Å². The molecule has 2 aromatic rings. The number of hydrogen-bond acceptors (Lipinski definition) is 3. The molecule has 1 aromatic heterocycles. The lowest BCUT2D eigenvalue weighted by Gasteiger charge is -1.91. The van der Waals surface area contributed by atoms with E-state index >= 15 is 0 Å². The van der Waals surface area contributed by atoms with Crippen molar-refractivity contribution in [3.63, 3.8) is 0 Å². The zero-order valence-corrected chi connectivity index (χ0v) is 8.59. The maximum absolute atomic E-state index is 12.3. The number of H-pyrrole nitrogens is 1. The number of hydrogen-bond donors (Lipinski definition) is 1. The minimum atomic E-state index is -4.42. The Bertz CT molecular complexity index is 544. The second-order valence-electron chi connectivity index (χ2n) is 3.19. The third kappa shape index (κ3) is 2.53. The zero-order chi connectivity index (χ0) is 10.9. The Morgan fingerprint density at radius 3 is 2.73 bits per heavy atom. The number of fused-ring (bicyclic) bond motifs is 1. The highest BCUT2D eigenvalue weighted by Crippen LogP contribution is 2.11. The van der Waals surface area contributed by atoms with E-state index in [1.54, 1.807) is 6.07 Å². The lowest BCUT2D eigenvalue weighted by atomic mass is 10.3. The maximum atomic E-state index is 12.3. The van der Waals surface area contributed by atoms with Crippen LogP contribution in [0.15, 0.2) is 24.3 Å². The lowest BCUT2D eigenvalue weighted by molar-refractivity contribution is 0.550. The highest BCUT2D eigenvalue weighted by Gasteiger charge is 2.09. The summed E-state index contributed by atoms with van der Waals surface area (Å²) in [6, 6.07) is 7.31. The fourth-order valence-electron chi connectivity index (χ4n) is 1.34. The molecule has 0 saturated carbocycles. The van der Waals surface area contributed by atoms with Crippen LogP contribution >= 0.6 is 0 Å². The summed E-state index contributed by atoms with van der Waals surface area (Å²) in [7, 11) is -4.42. The van der Waals surface area contributed by atoms with Crippen molar-refractivity contribution in [2.45, 2.75) is 6.42 Å². The lowest BCUT2D eigenvalue weighted by Crippen LogP contribution is -2.03. The van der Waals surface area contributed by atoms with E-state index in [0.29, 0.717) is 5.82 Å². The molecule has 0 spiro atoms. The van der Waals surface area contributed by atoms with Gasteiger partial charge < -0.3 is 4.98 Å². The number of nitrogens with one attached hydrogen (secondary N) is 1. The minimum Gasteiger partial charge on any atom is -0.342 e. The van der Waals surface area contributed by atoms with Crippen molar-refractivity contribution < 1.29 is 12.3 Å². The summed E-state index contributed by atoms with van der Waals surface area (Å²) in [5.74, 6) is -0.0512. The predicted octanol–water partition coefficient (Wildman–Crippen LogP) is 1.40. The summed E-state index contributed by atoms with van der Waals surface area (Å²) in [6.45, 7) is 0. The number of para-hydroxylation sites is 2. The molecule has 0 aliphatic carbocycles. The number of nitrogens with zero attached hydrogens (tertiary/aromatic N) is 1. The Balaban J connectivity index is 2.23. The van der Waals surface area contributed by atoms with Crippen LogP contribution in [-0.4, -0.2) is 24.1 Å². The van der Waals surface area contributed by atoms with E-state index in [9.17, 15) is 12.3 Å². The molecule has 0 unspecified atom stereocenters. The summed E-state index contributed by atoms with van der Waals surface area (Å²) in [6.07, 6.45) is 0.0630. The summed E-state index contributed by atoms with van der Waals surface area (Å²) in [5.41, 5.74) is 1.58. The van der Waals surface area contributed by atoms with Gasteiger partial charge in [-0.15, -0.1) is 3.89 Å². The molecule has 1 heterocycles.